The Hall–Kier alpha value is -1.86. The van der Waals surface area contributed by atoms with Crippen molar-refractivity contribution < 1.29 is 9.13 Å². The lowest BCUT2D eigenvalue weighted by atomic mass is 10.1. The van der Waals surface area contributed by atoms with Gasteiger partial charge in [-0.2, -0.15) is 0 Å². The molecule has 2 heterocycles. The number of benzene rings is 1. The Balaban J connectivity index is 1.50. The molecule has 0 spiro atoms. The number of nitrogens with zero attached hydrogens (tertiary/aromatic N) is 3. The Labute approximate surface area is 161 Å². The van der Waals surface area contributed by atoms with Gasteiger partial charge in [0.25, 0.3) is 0 Å². The first-order chi connectivity index (χ1) is 13.2. The SMILES string of the molecule is CCN1CCCC1CNC(=NC)NCc1ccc(N2CCOCC2)c(F)c1. The molecule has 0 radical (unpaired) electrons. The Kier molecular flexibility index (Phi) is 7.29. The van der Waals surface area contributed by atoms with E-state index in [1.807, 2.05) is 17.0 Å². The number of likely N-dealkylation sites (N-methyl/N-ethyl adjacent to an activating group) is 1. The van der Waals surface area contributed by atoms with Crippen LogP contribution < -0.4 is 15.5 Å². The number of rotatable bonds is 6. The van der Waals surface area contributed by atoms with Crippen LogP contribution in [0.1, 0.15) is 25.3 Å². The van der Waals surface area contributed by atoms with Crippen molar-refractivity contribution in [3.05, 3.63) is 29.6 Å². The number of anilines is 1. The predicted molar refractivity (Wildman–Crippen MR) is 108 cm³/mol. The van der Waals surface area contributed by atoms with E-state index in [0.717, 1.165) is 37.7 Å². The summed E-state index contributed by atoms with van der Waals surface area (Å²) in [5, 5.41) is 6.69. The van der Waals surface area contributed by atoms with Gasteiger partial charge in [0.1, 0.15) is 5.82 Å². The van der Waals surface area contributed by atoms with E-state index in [0.29, 0.717) is 31.5 Å². The van der Waals surface area contributed by atoms with Gasteiger partial charge in [-0.25, -0.2) is 4.39 Å². The summed E-state index contributed by atoms with van der Waals surface area (Å²) in [5.41, 5.74) is 1.56. The van der Waals surface area contributed by atoms with Crippen molar-refractivity contribution in [3.63, 3.8) is 0 Å². The average molecular weight is 378 g/mol. The zero-order valence-electron chi connectivity index (χ0n) is 16.5. The summed E-state index contributed by atoms with van der Waals surface area (Å²) in [6.07, 6.45) is 2.49. The highest BCUT2D eigenvalue weighted by Crippen LogP contribution is 2.21. The lowest BCUT2D eigenvalue weighted by molar-refractivity contribution is 0.122. The molecule has 1 atom stereocenters. The van der Waals surface area contributed by atoms with Gasteiger partial charge in [-0.05, 0) is 43.6 Å². The van der Waals surface area contributed by atoms with Gasteiger partial charge in [0.05, 0.1) is 18.9 Å². The third kappa shape index (κ3) is 5.32. The normalized spacial score (nSPS) is 21.5. The van der Waals surface area contributed by atoms with Gasteiger partial charge in [0, 0.05) is 39.3 Å². The molecule has 2 aliphatic rings. The standard InChI is InChI=1S/C20H32FN5O/c1-3-25-8-4-5-17(25)15-24-20(22-2)23-14-16-6-7-19(18(21)13-16)26-9-11-27-12-10-26/h6-7,13,17H,3-5,8-12,14-15H2,1-2H3,(H2,22,23,24). The molecular formula is C20H32FN5O. The highest BCUT2D eigenvalue weighted by molar-refractivity contribution is 5.79. The Morgan fingerprint density at radius 2 is 2.07 bits per heavy atom. The maximum atomic E-state index is 14.5. The highest BCUT2D eigenvalue weighted by atomic mass is 19.1. The summed E-state index contributed by atoms with van der Waals surface area (Å²) in [6.45, 7) is 8.70. The minimum Gasteiger partial charge on any atom is -0.378 e. The number of hydrogen-bond acceptors (Lipinski definition) is 4. The second kappa shape index (κ2) is 9.90. The zero-order valence-corrected chi connectivity index (χ0v) is 16.5. The highest BCUT2D eigenvalue weighted by Gasteiger charge is 2.22. The summed E-state index contributed by atoms with van der Waals surface area (Å²) < 4.78 is 19.9. The lowest BCUT2D eigenvalue weighted by Gasteiger charge is -2.29. The molecule has 27 heavy (non-hydrogen) atoms. The average Bonchev–Trinajstić information content (AvgIpc) is 3.16. The summed E-state index contributed by atoms with van der Waals surface area (Å²) in [4.78, 5) is 8.83. The quantitative estimate of drug-likeness (QED) is 0.585. The van der Waals surface area contributed by atoms with Crippen LogP contribution in [0.2, 0.25) is 0 Å². The van der Waals surface area contributed by atoms with Crippen molar-refractivity contribution in [3.8, 4) is 0 Å². The molecule has 0 bridgehead atoms. The first-order valence-electron chi connectivity index (χ1n) is 10.0. The molecule has 1 aromatic rings. The van der Waals surface area contributed by atoms with Crippen molar-refractivity contribution >= 4 is 11.6 Å². The van der Waals surface area contributed by atoms with Crippen molar-refractivity contribution in [2.24, 2.45) is 4.99 Å². The fourth-order valence-electron chi connectivity index (χ4n) is 3.88. The van der Waals surface area contributed by atoms with Crippen molar-refractivity contribution in [2.75, 3.05) is 57.9 Å². The maximum absolute atomic E-state index is 14.5. The van der Waals surface area contributed by atoms with Crippen LogP contribution in [0.4, 0.5) is 10.1 Å². The number of halogens is 1. The number of morpholine rings is 1. The third-order valence-electron chi connectivity index (χ3n) is 5.46. The van der Waals surface area contributed by atoms with Crippen LogP contribution in [0.3, 0.4) is 0 Å². The molecular weight excluding hydrogens is 345 g/mol. The number of ether oxygens (including phenoxy) is 1. The summed E-state index contributed by atoms with van der Waals surface area (Å²) >= 11 is 0. The van der Waals surface area contributed by atoms with E-state index in [1.165, 1.54) is 19.4 Å². The minimum absolute atomic E-state index is 0.177. The van der Waals surface area contributed by atoms with Crippen LogP contribution in [0.25, 0.3) is 0 Å². The molecule has 150 valence electrons. The molecule has 0 saturated carbocycles. The number of nitrogens with one attached hydrogen (secondary N) is 2. The predicted octanol–water partition coefficient (Wildman–Crippen LogP) is 1.81. The van der Waals surface area contributed by atoms with Gasteiger partial charge in [-0.15, -0.1) is 0 Å². The Bertz CT molecular complexity index is 633. The molecule has 0 aliphatic carbocycles. The maximum Gasteiger partial charge on any atom is 0.191 e. The third-order valence-corrected chi connectivity index (χ3v) is 5.46. The van der Waals surface area contributed by atoms with Crippen LogP contribution in [0.5, 0.6) is 0 Å². The molecule has 6 nitrogen and oxygen atoms in total. The van der Waals surface area contributed by atoms with Crippen LogP contribution in [-0.2, 0) is 11.3 Å². The molecule has 3 rings (SSSR count). The fraction of sp³-hybridized carbons (Fsp3) is 0.650. The topological polar surface area (TPSA) is 52.1 Å². The van der Waals surface area contributed by atoms with E-state index in [-0.39, 0.29) is 5.82 Å². The molecule has 7 heteroatoms. The fourth-order valence-corrected chi connectivity index (χ4v) is 3.88. The van der Waals surface area contributed by atoms with E-state index in [1.54, 1.807) is 13.1 Å². The van der Waals surface area contributed by atoms with Crippen LogP contribution in [0, 0.1) is 5.82 Å². The molecule has 2 fully saturated rings. The summed E-state index contributed by atoms with van der Waals surface area (Å²) in [6, 6.07) is 6.02. The van der Waals surface area contributed by atoms with E-state index in [4.69, 9.17) is 4.74 Å². The summed E-state index contributed by atoms with van der Waals surface area (Å²) in [5.74, 6) is 0.583. The second-order valence-corrected chi connectivity index (χ2v) is 7.12. The molecule has 0 amide bonds. The Morgan fingerprint density at radius 3 is 2.78 bits per heavy atom. The van der Waals surface area contributed by atoms with Crippen molar-refractivity contribution in [1.29, 1.82) is 0 Å². The molecule has 0 aromatic heterocycles. The second-order valence-electron chi connectivity index (χ2n) is 7.12. The monoisotopic (exact) mass is 377 g/mol. The summed E-state index contributed by atoms with van der Waals surface area (Å²) in [7, 11) is 1.77. The molecule has 1 aromatic carbocycles. The lowest BCUT2D eigenvalue weighted by Crippen LogP contribution is -2.44. The van der Waals surface area contributed by atoms with Gasteiger partial charge < -0.3 is 20.3 Å². The zero-order chi connectivity index (χ0) is 19.1. The van der Waals surface area contributed by atoms with E-state index < -0.39 is 0 Å². The molecule has 1 unspecified atom stereocenters. The smallest absolute Gasteiger partial charge is 0.191 e. The van der Waals surface area contributed by atoms with Gasteiger partial charge in [0.2, 0.25) is 0 Å². The number of guanidine groups is 1. The van der Waals surface area contributed by atoms with Gasteiger partial charge in [0.15, 0.2) is 5.96 Å². The van der Waals surface area contributed by atoms with E-state index >= 15 is 0 Å². The van der Waals surface area contributed by atoms with Crippen molar-refractivity contribution in [2.45, 2.75) is 32.4 Å². The van der Waals surface area contributed by atoms with Crippen LogP contribution >= 0.6 is 0 Å². The first kappa shape index (κ1) is 19.9. The number of aliphatic imine (C=N–C) groups is 1. The number of hydrogen-bond donors (Lipinski definition) is 2. The van der Waals surface area contributed by atoms with Gasteiger partial charge in [-0.3, -0.25) is 9.89 Å². The van der Waals surface area contributed by atoms with Gasteiger partial charge in [-0.1, -0.05) is 13.0 Å². The Morgan fingerprint density at radius 1 is 1.26 bits per heavy atom. The minimum atomic E-state index is -0.177. The van der Waals surface area contributed by atoms with Crippen molar-refractivity contribution in [1.82, 2.24) is 15.5 Å². The van der Waals surface area contributed by atoms with Crippen LogP contribution in [-0.4, -0.2) is 69.9 Å². The van der Waals surface area contributed by atoms with Gasteiger partial charge >= 0.3 is 0 Å². The van der Waals surface area contributed by atoms with E-state index in [2.05, 4.69) is 27.4 Å². The largest absolute Gasteiger partial charge is 0.378 e. The van der Waals surface area contributed by atoms with Crippen LogP contribution in [0.15, 0.2) is 23.2 Å². The van der Waals surface area contributed by atoms with E-state index in [9.17, 15) is 4.39 Å². The molecule has 2 aliphatic heterocycles. The number of likely N-dealkylation sites (tertiary alicyclic amines) is 1. The molecule has 2 N–H and O–H groups in total. The molecule has 2 saturated heterocycles. The first-order valence-corrected chi connectivity index (χ1v) is 10.0.